The van der Waals surface area contributed by atoms with Crippen LogP contribution in [0.2, 0.25) is 0 Å². The van der Waals surface area contributed by atoms with Gasteiger partial charge in [-0.2, -0.15) is 0 Å². The molecule has 0 spiro atoms. The van der Waals surface area contributed by atoms with E-state index in [0.29, 0.717) is 0 Å². The maximum Gasteiger partial charge on any atom is 0.136 e. The third-order valence-corrected chi connectivity index (χ3v) is 11.2. The summed E-state index contributed by atoms with van der Waals surface area (Å²) in [6.45, 7) is 0. The van der Waals surface area contributed by atoms with Gasteiger partial charge < -0.3 is 13.9 Å². The Morgan fingerprint density at radius 3 is 1.67 bits per heavy atom. The first-order valence-electron chi connectivity index (χ1n) is 19.4. The van der Waals surface area contributed by atoms with Crippen molar-refractivity contribution in [2.24, 2.45) is 0 Å². The topological polar surface area (TPSA) is 21.3 Å². The molecule has 0 atom stereocenters. The molecule has 11 rings (SSSR count). The predicted molar refractivity (Wildman–Crippen MR) is 239 cm³/mol. The van der Waals surface area contributed by atoms with Crippen molar-refractivity contribution in [3.8, 4) is 39.1 Å². The van der Waals surface area contributed by atoms with Crippen LogP contribution >= 0.6 is 0 Å². The Balaban J connectivity index is 1.03. The lowest BCUT2D eigenvalue weighted by atomic mass is 9.98. The van der Waals surface area contributed by atoms with Crippen molar-refractivity contribution in [2.45, 2.75) is 0 Å². The number of hydrogen-bond donors (Lipinski definition) is 0. The maximum absolute atomic E-state index is 6.28. The Labute approximate surface area is 330 Å². The van der Waals surface area contributed by atoms with Crippen molar-refractivity contribution in [2.75, 3.05) is 4.90 Å². The fourth-order valence-electron chi connectivity index (χ4n) is 8.52. The molecule has 11 aromatic rings. The van der Waals surface area contributed by atoms with Gasteiger partial charge in [0.1, 0.15) is 11.2 Å². The number of nitrogens with zero attached hydrogens (tertiary/aromatic N) is 2. The van der Waals surface area contributed by atoms with Gasteiger partial charge in [0, 0.05) is 44.3 Å². The fourth-order valence-corrected chi connectivity index (χ4v) is 8.52. The molecule has 0 radical (unpaired) electrons. The van der Waals surface area contributed by atoms with Crippen LogP contribution in [0.25, 0.3) is 82.8 Å². The van der Waals surface area contributed by atoms with Crippen molar-refractivity contribution in [3.63, 3.8) is 0 Å². The second-order valence-electron chi connectivity index (χ2n) is 14.5. The Morgan fingerprint density at radius 1 is 0.333 bits per heavy atom. The maximum atomic E-state index is 6.28. The molecule has 3 heteroatoms. The van der Waals surface area contributed by atoms with E-state index in [0.717, 1.165) is 61.4 Å². The average molecular weight is 729 g/mol. The number of rotatable bonds is 7. The van der Waals surface area contributed by atoms with Gasteiger partial charge in [0.2, 0.25) is 0 Å². The third kappa shape index (κ3) is 5.68. The van der Waals surface area contributed by atoms with Gasteiger partial charge in [0.25, 0.3) is 0 Å². The number of benzene rings is 9. The lowest BCUT2D eigenvalue weighted by Gasteiger charge is -2.26. The Hall–Kier alpha value is -7.62. The molecule has 0 N–H and O–H groups in total. The molecule has 0 aliphatic carbocycles. The molecule has 0 saturated heterocycles. The minimum absolute atomic E-state index is 0.894. The summed E-state index contributed by atoms with van der Waals surface area (Å²) in [4.78, 5) is 2.35. The summed E-state index contributed by atoms with van der Waals surface area (Å²) in [5.41, 5.74) is 15.6. The summed E-state index contributed by atoms with van der Waals surface area (Å²) in [6, 6.07) is 78.1. The Bertz CT molecular complexity index is 3210. The van der Waals surface area contributed by atoms with E-state index in [4.69, 9.17) is 4.42 Å². The van der Waals surface area contributed by atoms with Crippen LogP contribution < -0.4 is 4.90 Å². The number of furan rings is 1. The van der Waals surface area contributed by atoms with E-state index in [1.54, 1.807) is 0 Å². The number of anilines is 3. The van der Waals surface area contributed by atoms with Crippen molar-refractivity contribution >= 4 is 60.8 Å². The number of aromatic nitrogens is 1. The van der Waals surface area contributed by atoms with Crippen molar-refractivity contribution in [3.05, 3.63) is 218 Å². The van der Waals surface area contributed by atoms with E-state index in [1.807, 2.05) is 12.1 Å². The highest BCUT2D eigenvalue weighted by Crippen LogP contribution is 2.42. The lowest BCUT2D eigenvalue weighted by Crippen LogP contribution is -2.10. The molecule has 57 heavy (non-hydrogen) atoms. The molecular weight excluding hydrogens is 693 g/mol. The van der Waals surface area contributed by atoms with Crippen LogP contribution in [0.5, 0.6) is 0 Å². The SMILES string of the molecule is c1ccc(-c2ccc(N(c3ccc(-c4ccc5c6ccccc6n(-c6ccccc6)c5c4)cc3)c3cccc(-c4cccc5oc6ccccc6c45)c3)cc2)cc1. The standard InChI is InChI=1S/C54H36N2O/c1-3-13-37(14-4-1)38-25-30-43(31-26-38)55(45-18-11-15-41(35-45)46-21-12-24-53-54(46)49-20-8-10-23-52(49)57-53)44-32-27-39(28-33-44)40-29-34-48-47-19-7-9-22-50(47)56(51(48)36-40)42-16-5-2-6-17-42/h1-36H. The molecule has 0 saturated carbocycles. The van der Waals surface area contributed by atoms with E-state index in [2.05, 4.69) is 216 Å². The number of fused-ring (bicyclic) bond motifs is 6. The summed E-state index contributed by atoms with van der Waals surface area (Å²) >= 11 is 0. The normalized spacial score (nSPS) is 11.5. The second kappa shape index (κ2) is 13.6. The van der Waals surface area contributed by atoms with Crippen molar-refractivity contribution < 1.29 is 4.42 Å². The molecule has 268 valence electrons. The van der Waals surface area contributed by atoms with Gasteiger partial charge in [-0.25, -0.2) is 0 Å². The van der Waals surface area contributed by atoms with Crippen LogP contribution in [-0.4, -0.2) is 4.57 Å². The van der Waals surface area contributed by atoms with Crippen LogP contribution in [0.3, 0.4) is 0 Å². The predicted octanol–water partition coefficient (Wildman–Crippen LogP) is 15.2. The van der Waals surface area contributed by atoms with E-state index in [9.17, 15) is 0 Å². The van der Waals surface area contributed by atoms with Gasteiger partial charge in [0.15, 0.2) is 0 Å². The van der Waals surface area contributed by atoms with Gasteiger partial charge in [-0.05, 0) is 106 Å². The summed E-state index contributed by atoms with van der Waals surface area (Å²) in [7, 11) is 0. The average Bonchev–Trinajstić information content (AvgIpc) is 3.83. The number of para-hydroxylation sites is 3. The molecule has 2 heterocycles. The van der Waals surface area contributed by atoms with Gasteiger partial charge >= 0.3 is 0 Å². The van der Waals surface area contributed by atoms with E-state index in [-0.39, 0.29) is 0 Å². The van der Waals surface area contributed by atoms with Crippen LogP contribution in [0.4, 0.5) is 17.1 Å². The Morgan fingerprint density at radius 2 is 0.895 bits per heavy atom. The van der Waals surface area contributed by atoms with Gasteiger partial charge in [-0.15, -0.1) is 0 Å². The molecule has 0 bridgehead atoms. The van der Waals surface area contributed by atoms with Crippen LogP contribution in [-0.2, 0) is 0 Å². The Kier molecular flexibility index (Phi) is 7.82. The summed E-state index contributed by atoms with van der Waals surface area (Å²) in [5.74, 6) is 0. The van der Waals surface area contributed by atoms with Crippen LogP contribution in [0, 0.1) is 0 Å². The van der Waals surface area contributed by atoms with E-state index in [1.165, 1.54) is 38.5 Å². The first-order chi connectivity index (χ1) is 28.3. The highest BCUT2D eigenvalue weighted by atomic mass is 16.3. The molecule has 0 aliphatic rings. The highest BCUT2D eigenvalue weighted by molar-refractivity contribution is 6.13. The molecule has 0 fully saturated rings. The number of hydrogen-bond acceptors (Lipinski definition) is 2. The zero-order valence-electron chi connectivity index (χ0n) is 31.1. The second-order valence-corrected chi connectivity index (χ2v) is 14.5. The van der Waals surface area contributed by atoms with Crippen LogP contribution in [0.1, 0.15) is 0 Å². The first kappa shape index (κ1) is 32.8. The highest BCUT2D eigenvalue weighted by Gasteiger charge is 2.18. The van der Waals surface area contributed by atoms with Gasteiger partial charge in [-0.1, -0.05) is 146 Å². The zero-order chi connectivity index (χ0) is 37.7. The monoisotopic (exact) mass is 728 g/mol. The minimum atomic E-state index is 0.894. The first-order valence-corrected chi connectivity index (χ1v) is 19.4. The summed E-state index contributed by atoms with van der Waals surface area (Å²) < 4.78 is 8.66. The molecule has 2 aromatic heterocycles. The molecule has 3 nitrogen and oxygen atoms in total. The minimum Gasteiger partial charge on any atom is -0.456 e. The zero-order valence-corrected chi connectivity index (χ0v) is 31.1. The van der Waals surface area contributed by atoms with Gasteiger partial charge in [-0.3, -0.25) is 0 Å². The van der Waals surface area contributed by atoms with Crippen molar-refractivity contribution in [1.29, 1.82) is 0 Å². The fraction of sp³-hybridized carbons (Fsp3) is 0. The quantitative estimate of drug-likeness (QED) is 0.163. The lowest BCUT2D eigenvalue weighted by molar-refractivity contribution is 0.669. The molecule has 9 aromatic carbocycles. The van der Waals surface area contributed by atoms with Crippen LogP contribution in [0.15, 0.2) is 223 Å². The summed E-state index contributed by atoms with van der Waals surface area (Å²) in [6.07, 6.45) is 0. The molecule has 0 aliphatic heterocycles. The largest absolute Gasteiger partial charge is 0.456 e. The van der Waals surface area contributed by atoms with Gasteiger partial charge in [0.05, 0.1) is 11.0 Å². The van der Waals surface area contributed by atoms with Crippen molar-refractivity contribution in [1.82, 2.24) is 4.57 Å². The molecule has 0 amide bonds. The molecular formula is C54H36N2O. The van der Waals surface area contributed by atoms with E-state index >= 15 is 0 Å². The summed E-state index contributed by atoms with van der Waals surface area (Å²) in [5, 5.41) is 4.77. The smallest absolute Gasteiger partial charge is 0.136 e. The molecule has 0 unspecified atom stereocenters. The van der Waals surface area contributed by atoms with E-state index < -0.39 is 0 Å². The third-order valence-electron chi connectivity index (χ3n) is 11.2.